The van der Waals surface area contributed by atoms with E-state index in [1.54, 1.807) is 43.3 Å². The Balaban J connectivity index is 1.99. The van der Waals surface area contributed by atoms with Crippen LogP contribution in [0.3, 0.4) is 0 Å². The zero-order valence-corrected chi connectivity index (χ0v) is 14.3. The van der Waals surface area contributed by atoms with Gasteiger partial charge in [-0.2, -0.15) is 0 Å². The van der Waals surface area contributed by atoms with E-state index in [0.717, 1.165) is 5.69 Å². The molecule has 3 rings (SSSR count). The summed E-state index contributed by atoms with van der Waals surface area (Å²) in [6.07, 6.45) is 1.30. The van der Waals surface area contributed by atoms with Gasteiger partial charge in [0.15, 0.2) is 0 Å². The van der Waals surface area contributed by atoms with Gasteiger partial charge in [-0.15, -0.1) is 0 Å². The number of benzene rings is 2. The molecule has 8 nitrogen and oxygen atoms in total. The minimum atomic E-state index is -0.485. The summed E-state index contributed by atoms with van der Waals surface area (Å²) in [5, 5.41) is 14.7. The molecule has 0 atom stereocenters. The highest BCUT2D eigenvalue weighted by Crippen LogP contribution is 2.36. The first kappa shape index (κ1) is 17.2. The van der Waals surface area contributed by atoms with Gasteiger partial charge in [-0.3, -0.25) is 10.1 Å². The highest BCUT2D eigenvalue weighted by Gasteiger charge is 2.26. The van der Waals surface area contributed by atoms with Gasteiger partial charge in [0.2, 0.25) is 11.6 Å². The van der Waals surface area contributed by atoms with Crippen molar-refractivity contribution in [2.24, 2.45) is 0 Å². The van der Waals surface area contributed by atoms with E-state index in [2.05, 4.69) is 15.3 Å². The van der Waals surface area contributed by atoms with Crippen LogP contribution in [0.2, 0.25) is 0 Å². The average Bonchev–Trinajstić information content (AvgIpc) is 2.68. The molecule has 0 amide bonds. The van der Waals surface area contributed by atoms with Crippen molar-refractivity contribution in [2.75, 3.05) is 24.4 Å². The second-order valence-electron chi connectivity index (χ2n) is 5.40. The molecule has 1 heterocycles. The third-order valence-corrected chi connectivity index (χ3v) is 3.80. The molecule has 1 aromatic heterocycles. The molecule has 0 aliphatic rings. The van der Waals surface area contributed by atoms with E-state index in [0.29, 0.717) is 11.4 Å². The molecule has 1 N–H and O–H groups in total. The summed E-state index contributed by atoms with van der Waals surface area (Å²) in [6.45, 7) is 0. The quantitative estimate of drug-likeness (QED) is 0.531. The van der Waals surface area contributed by atoms with Gasteiger partial charge in [0.25, 0.3) is 0 Å². The Morgan fingerprint density at radius 3 is 2.38 bits per heavy atom. The number of rotatable bonds is 6. The van der Waals surface area contributed by atoms with Crippen LogP contribution < -0.4 is 15.0 Å². The van der Waals surface area contributed by atoms with Gasteiger partial charge in [0.1, 0.15) is 12.1 Å². The number of anilines is 4. The second-order valence-corrected chi connectivity index (χ2v) is 5.40. The minimum absolute atomic E-state index is 0.118. The normalized spacial score (nSPS) is 10.2. The van der Waals surface area contributed by atoms with Crippen LogP contribution in [-0.4, -0.2) is 29.0 Å². The zero-order valence-electron chi connectivity index (χ0n) is 14.3. The number of nitrogens with zero attached hydrogens (tertiary/aromatic N) is 4. The van der Waals surface area contributed by atoms with E-state index < -0.39 is 4.92 Å². The molecule has 3 aromatic rings. The van der Waals surface area contributed by atoms with Crippen LogP contribution in [-0.2, 0) is 0 Å². The largest absolute Gasteiger partial charge is 0.497 e. The molecule has 2 aromatic carbocycles. The third kappa shape index (κ3) is 3.54. The van der Waals surface area contributed by atoms with E-state index in [1.165, 1.54) is 6.33 Å². The Labute approximate surface area is 150 Å². The maximum atomic E-state index is 11.7. The van der Waals surface area contributed by atoms with Gasteiger partial charge in [-0.1, -0.05) is 18.2 Å². The van der Waals surface area contributed by atoms with Crippen LogP contribution in [0.5, 0.6) is 5.75 Å². The second kappa shape index (κ2) is 7.47. The summed E-state index contributed by atoms with van der Waals surface area (Å²) < 4.78 is 5.11. The number of nitrogens with one attached hydrogen (secondary N) is 1. The molecule has 0 fully saturated rings. The molecule has 26 heavy (non-hydrogen) atoms. The standard InChI is InChI=1S/C18H17N5O3/c1-22(14-6-4-3-5-7-14)18-16(23(24)25)17(19-12-20-18)21-13-8-10-15(26-2)11-9-13/h3-12H,1-2H3,(H,19,20,21). The molecule has 0 radical (unpaired) electrons. The molecule has 8 heteroatoms. The van der Waals surface area contributed by atoms with Crippen molar-refractivity contribution < 1.29 is 9.66 Å². The predicted molar refractivity (Wildman–Crippen MR) is 99.5 cm³/mol. The first-order valence-corrected chi connectivity index (χ1v) is 7.79. The van der Waals surface area contributed by atoms with Gasteiger partial charge < -0.3 is 15.0 Å². The summed E-state index contributed by atoms with van der Waals surface area (Å²) in [6, 6.07) is 16.3. The predicted octanol–water partition coefficient (Wildman–Crippen LogP) is 3.90. The third-order valence-electron chi connectivity index (χ3n) is 3.80. The lowest BCUT2D eigenvalue weighted by atomic mass is 10.2. The van der Waals surface area contributed by atoms with E-state index >= 15 is 0 Å². The van der Waals surface area contributed by atoms with Crippen molar-refractivity contribution in [3.63, 3.8) is 0 Å². The maximum Gasteiger partial charge on any atom is 0.354 e. The molecule has 0 aliphatic heterocycles. The fourth-order valence-electron chi connectivity index (χ4n) is 2.46. The van der Waals surface area contributed by atoms with Gasteiger partial charge in [0, 0.05) is 18.4 Å². The van der Waals surface area contributed by atoms with Crippen LogP contribution in [0.25, 0.3) is 0 Å². The molecule has 0 aliphatic carbocycles. The Hall–Kier alpha value is -3.68. The van der Waals surface area contributed by atoms with Crippen LogP contribution in [0.15, 0.2) is 60.9 Å². The molecular formula is C18H17N5O3. The smallest absolute Gasteiger partial charge is 0.354 e. The molecule has 0 unspecified atom stereocenters. The maximum absolute atomic E-state index is 11.7. The Morgan fingerprint density at radius 1 is 1.08 bits per heavy atom. The van der Waals surface area contributed by atoms with Crippen LogP contribution in [0.4, 0.5) is 28.7 Å². The number of methoxy groups -OCH3 is 1. The first-order valence-electron chi connectivity index (χ1n) is 7.79. The average molecular weight is 351 g/mol. The minimum Gasteiger partial charge on any atom is -0.497 e. The van der Waals surface area contributed by atoms with Crippen molar-refractivity contribution >= 4 is 28.7 Å². The van der Waals surface area contributed by atoms with Crippen molar-refractivity contribution in [3.05, 3.63) is 71.0 Å². The summed E-state index contributed by atoms with van der Waals surface area (Å²) in [7, 11) is 3.30. The van der Waals surface area contributed by atoms with Crippen molar-refractivity contribution in [1.82, 2.24) is 9.97 Å². The number of para-hydroxylation sites is 1. The molecule has 0 saturated heterocycles. The molecule has 132 valence electrons. The van der Waals surface area contributed by atoms with Gasteiger partial charge in [-0.05, 0) is 36.4 Å². The summed E-state index contributed by atoms with van der Waals surface area (Å²) >= 11 is 0. The van der Waals surface area contributed by atoms with E-state index in [-0.39, 0.29) is 17.3 Å². The molecule has 0 bridgehead atoms. The van der Waals surface area contributed by atoms with E-state index in [1.807, 2.05) is 30.3 Å². The molecule has 0 saturated carbocycles. The zero-order chi connectivity index (χ0) is 18.5. The van der Waals surface area contributed by atoms with Crippen LogP contribution in [0, 0.1) is 10.1 Å². The van der Waals surface area contributed by atoms with Crippen molar-refractivity contribution in [3.8, 4) is 5.75 Å². The first-order chi connectivity index (χ1) is 12.6. The van der Waals surface area contributed by atoms with Gasteiger partial charge in [-0.25, -0.2) is 9.97 Å². The molecule has 0 spiro atoms. The summed E-state index contributed by atoms with van der Waals surface area (Å²) in [5.41, 5.74) is 1.24. The number of aromatic nitrogens is 2. The van der Waals surface area contributed by atoms with Crippen LogP contribution >= 0.6 is 0 Å². The SMILES string of the molecule is COc1ccc(Nc2ncnc(N(C)c3ccccc3)c2[N+](=O)[O-])cc1. The Morgan fingerprint density at radius 2 is 1.77 bits per heavy atom. The number of nitro groups is 1. The number of hydrogen-bond donors (Lipinski definition) is 1. The van der Waals surface area contributed by atoms with Gasteiger partial charge >= 0.3 is 5.69 Å². The van der Waals surface area contributed by atoms with E-state index in [9.17, 15) is 10.1 Å². The summed E-state index contributed by atoms with van der Waals surface area (Å²) in [4.78, 5) is 21.0. The van der Waals surface area contributed by atoms with Gasteiger partial charge in [0.05, 0.1) is 12.0 Å². The highest BCUT2D eigenvalue weighted by atomic mass is 16.6. The van der Waals surface area contributed by atoms with Crippen LogP contribution in [0.1, 0.15) is 0 Å². The fourth-order valence-corrected chi connectivity index (χ4v) is 2.46. The monoisotopic (exact) mass is 351 g/mol. The topological polar surface area (TPSA) is 93.4 Å². The Bertz CT molecular complexity index is 900. The fraction of sp³-hybridized carbons (Fsp3) is 0.111. The summed E-state index contributed by atoms with van der Waals surface area (Å²) in [5.74, 6) is 1.01. The lowest BCUT2D eigenvalue weighted by molar-refractivity contribution is -0.383. The number of hydrogen-bond acceptors (Lipinski definition) is 7. The van der Waals surface area contributed by atoms with E-state index in [4.69, 9.17) is 4.74 Å². The number of ether oxygens (including phenoxy) is 1. The Kier molecular flexibility index (Phi) is 4.93. The van der Waals surface area contributed by atoms with Crippen molar-refractivity contribution in [1.29, 1.82) is 0 Å². The lowest BCUT2D eigenvalue weighted by Gasteiger charge is -2.18. The highest BCUT2D eigenvalue weighted by molar-refractivity contribution is 5.77. The lowest BCUT2D eigenvalue weighted by Crippen LogP contribution is -2.15. The van der Waals surface area contributed by atoms with Crippen molar-refractivity contribution in [2.45, 2.75) is 0 Å². The molecular weight excluding hydrogens is 334 g/mol.